The summed E-state index contributed by atoms with van der Waals surface area (Å²) in [4.78, 5) is 103. The van der Waals surface area contributed by atoms with Crippen LogP contribution in [0.5, 0.6) is 17.2 Å². The number of nitrogens with zero attached hydrogens (tertiary/aromatic N) is 4. The first-order valence-corrected chi connectivity index (χ1v) is 32.5. The van der Waals surface area contributed by atoms with Gasteiger partial charge in [0.25, 0.3) is 5.56 Å². The molecule has 1 fully saturated rings. The van der Waals surface area contributed by atoms with Gasteiger partial charge in [-0.1, -0.05) is 20.3 Å². The van der Waals surface area contributed by atoms with Gasteiger partial charge in [-0.15, -0.1) is 0 Å². The molecule has 25 nitrogen and oxygen atoms in total. The van der Waals surface area contributed by atoms with Gasteiger partial charge < -0.3 is 28.6 Å². The summed E-state index contributed by atoms with van der Waals surface area (Å²) in [6.07, 6.45) is -11.5. The Morgan fingerprint density at radius 1 is 1.00 bits per heavy atom. The summed E-state index contributed by atoms with van der Waals surface area (Å²) >= 11 is 3.41. The number of hydrogen-bond donors (Lipinski definition) is 5. The second kappa shape index (κ2) is 25.4. The van der Waals surface area contributed by atoms with E-state index in [0.29, 0.717) is 53.7 Å². The van der Waals surface area contributed by atoms with E-state index in [-0.39, 0.29) is 82.6 Å². The minimum atomic E-state index is -2.10. The van der Waals surface area contributed by atoms with Gasteiger partial charge in [0, 0.05) is 22.6 Å². The van der Waals surface area contributed by atoms with Crippen LogP contribution >= 0.6 is 57.7 Å². The van der Waals surface area contributed by atoms with Gasteiger partial charge in [-0.3, -0.25) is 4.79 Å². The van der Waals surface area contributed by atoms with Gasteiger partial charge in [0.15, 0.2) is 17.1 Å². The Labute approximate surface area is 494 Å². The van der Waals surface area contributed by atoms with Crippen LogP contribution in [0, 0.1) is 0 Å². The van der Waals surface area contributed by atoms with Crippen molar-refractivity contribution in [1.29, 1.82) is 0 Å². The molecule has 2 aromatic carbocycles. The first-order valence-electron chi connectivity index (χ1n) is 24.9. The van der Waals surface area contributed by atoms with E-state index in [0.717, 1.165) is 17.0 Å². The molecule has 6 heterocycles. The Kier molecular flexibility index (Phi) is 19.4. The molecule has 426 valence electrons. The molecule has 0 bridgehead atoms. The molecule has 4 amide bonds. The predicted octanol–water partition coefficient (Wildman–Crippen LogP) is 4.39. The van der Waals surface area contributed by atoms with Crippen molar-refractivity contribution >= 4 is 142 Å². The number of benzene rings is 2. The zero-order valence-corrected chi connectivity index (χ0v) is 50.1. The number of imide groups is 1. The first-order chi connectivity index (χ1) is 38.3. The number of fused-ring (bicyclic) bond motifs is 6. The van der Waals surface area contributed by atoms with Gasteiger partial charge in [0.2, 0.25) is 6.79 Å². The molecule has 1 saturated heterocycles. The zero-order chi connectivity index (χ0) is 59.0. The van der Waals surface area contributed by atoms with Crippen LogP contribution in [0.2, 0.25) is 0 Å². The summed E-state index contributed by atoms with van der Waals surface area (Å²) in [5.41, 5.74) is -1.85. The van der Waals surface area contributed by atoms with Gasteiger partial charge in [-0.2, -0.15) is 4.90 Å². The number of aryl methyl sites for hydroxylation is 1. The summed E-state index contributed by atoms with van der Waals surface area (Å²) in [5, 5.41) is 46.2. The second-order valence-electron chi connectivity index (χ2n) is 19.7. The quantitative estimate of drug-likeness (QED) is 0.0420. The number of carbonyl (C=O) groups excluding carboxylic acids is 6. The summed E-state index contributed by atoms with van der Waals surface area (Å²) in [6.45, 7) is 6.33. The summed E-state index contributed by atoms with van der Waals surface area (Å²) in [6, 6.07) is 9.16. The van der Waals surface area contributed by atoms with Crippen LogP contribution < -0.4 is 30.0 Å². The molecule has 4 aliphatic rings. The number of rotatable bonds is 15. The van der Waals surface area contributed by atoms with Crippen molar-refractivity contribution in [1.82, 2.24) is 14.5 Å². The van der Waals surface area contributed by atoms with E-state index in [1.54, 1.807) is 82.2 Å². The van der Waals surface area contributed by atoms with E-state index < -0.39 is 111 Å². The number of aliphatic hydroxyl groups is 4. The fourth-order valence-electron chi connectivity index (χ4n) is 9.28. The molecule has 2 aromatic heterocycles. The number of esters is 1. The van der Waals surface area contributed by atoms with Crippen molar-refractivity contribution in [3.05, 3.63) is 68.5 Å². The molecular weight excluding hydrogens is 1330 g/mol. The molecule has 0 spiro atoms. The van der Waals surface area contributed by atoms with Crippen LogP contribution in [0.4, 0.5) is 25.8 Å². The monoisotopic (exact) mass is 1380 g/mol. The van der Waals surface area contributed by atoms with Crippen molar-refractivity contribution in [3.8, 4) is 28.6 Å². The summed E-state index contributed by atoms with van der Waals surface area (Å²) in [7, 11) is 4.57. The number of amides is 4. The third-order valence-corrected chi connectivity index (χ3v) is 18.3. The van der Waals surface area contributed by atoms with Crippen molar-refractivity contribution < 1.29 is 91.2 Å². The van der Waals surface area contributed by atoms with E-state index in [1.165, 1.54) is 29.8 Å². The van der Waals surface area contributed by atoms with Crippen LogP contribution in [-0.2, 0) is 74.0 Å². The molecule has 8 atom stereocenters. The minimum absolute atomic E-state index is 0.0281. The van der Waals surface area contributed by atoms with Crippen molar-refractivity contribution in [2.75, 3.05) is 30.6 Å². The number of aliphatic hydroxyl groups excluding tert-OH is 3. The molecule has 4 aliphatic heterocycles. The number of ether oxygens (including phenoxy) is 7. The van der Waals surface area contributed by atoms with Crippen molar-refractivity contribution in [2.45, 2.75) is 122 Å². The topological polar surface area (TPSA) is 328 Å². The summed E-state index contributed by atoms with van der Waals surface area (Å²) in [5.74, 6) is -1.97. The average Bonchev–Trinajstić information content (AvgIpc) is 4.30. The maximum atomic E-state index is 15.0. The number of likely N-dealkylation sites (N-methyl/N-ethyl adjacent to an activating group) is 1. The second-order valence-corrected chi connectivity index (χ2v) is 27.3. The Morgan fingerprint density at radius 2 is 1.74 bits per heavy atom. The van der Waals surface area contributed by atoms with E-state index in [2.05, 4.69) is 5.32 Å². The molecule has 2 radical (unpaired) electrons. The molecule has 0 aliphatic carbocycles. The van der Waals surface area contributed by atoms with Crippen molar-refractivity contribution in [3.63, 3.8) is 0 Å². The fraction of sp³-hybridized carbons (Fsp3) is 0.458. The molecular formula is C48H51B4I2N5O20S2. The molecule has 33 heteroatoms. The van der Waals surface area contributed by atoms with Crippen LogP contribution in [0.15, 0.2) is 35.1 Å². The number of carbonyl (C=O) groups is 6. The molecule has 8 rings (SSSR count). The van der Waals surface area contributed by atoms with E-state index >= 15 is 0 Å². The fourth-order valence-corrected chi connectivity index (χ4v) is 11.8. The number of hydrogen-bond acceptors (Lipinski definition) is 21. The van der Waals surface area contributed by atoms with Crippen LogP contribution in [0.25, 0.3) is 22.3 Å². The van der Waals surface area contributed by atoms with Gasteiger partial charge >= 0.3 is 269 Å². The molecule has 0 saturated carbocycles. The van der Waals surface area contributed by atoms with Crippen LogP contribution in [0.3, 0.4) is 0 Å². The normalized spacial score (nSPS) is 21.2. The molecule has 5 N–H and O–H groups in total. The number of anilines is 2. The van der Waals surface area contributed by atoms with E-state index in [9.17, 15) is 58.7 Å². The van der Waals surface area contributed by atoms with Gasteiger partial charge in [-0.25, -0.2) is 19.4 Å². The number of nitrogens with one attached hydrogen (secondary N) is 1. The van der Waals surface area contributed by atoms with Gasteiger partial charge in [-0.05, 0) is 51.7 Å². The summed E-state index contributed by atoms with van der Waals surface area (Å²) < 4.78 is 58.4. The Morgan fingerprint density at radius 3 is 2.42 bits per heavy atom. The third-order valence-electron chi connectivity index (χ3n) is 13.2. The van der Waals surface area contributed by atoms with Crippen molar-refractivity contribution in [2.24, 2.45) is 0 Å². The third kappa shape index (κ3) is 12.7. The Hall–Kier alpha value is -5.16. The Balaban J connectivity index is 1.19. The maximum absolute atomic E-state index is 15.0. The number of unbranched alkanes of at least 4 members (excludes halogenated alkanes) is 1. The number of cyclic esters (lactones) is 1. The number of aromatic nitrogens is 2. The SMILES string of the molecule is [B]B=S(I)OC(=O)N(C)CC(=O)Nc1cc(COC(=O)N(C(=O)OC(C)(C)C)c2c3c(cc4nc5c(c(CCCC)c24)Cn2c-5cc4c(c2=O)COC(=O)[C@]4(O)CC)OCO3)ccc1O[C@@H]1OC(C(=O)S(I)=BB=O)[C@@H](O)[C@H](O)C1O. The van der Waals surface area contributed by atoms with Gasteiger partial charge in [0.05, 0.1) is 29.0 Å². The number of halogens is 2. The molecule has 4 unspecified atom stereocenters. The Bertz CT molecular complexity index is 3410. The van der Waals surface area contributed by atoms with E-state index in [1.807, 2.05) is 6.92 Å². The van der Waals surface area contributed by atoms with Gasteiger partial charge in [0.1, 0.15) is 17.9 Å². The zero-order valence-electron chi connectivity index (χ0n) is 44.1. The molecule has 81 heavy (non-hydrogen) atoms. The van der Waals surface area contributed by atoms with Crippen LogP contribution in [-0.4, -0.2) is 154 Å². The predicted molar refractivity (Wildman–Crippen MR) is 312 cm³/mol. The molecule has 4 aromatic rings. The van der Waals surface area contributed by atoms with Crippen LogP contribution in [0.1, 0.15) is 81.7 Å². The first kappa shape index (κ1) is 61.9. The number of pyridine rings is 2. The standard InChI is InChI=1S/C48H51B4I2N5O20S2/c1-7-9-10-22-23-16-58-28(14-25-24(40(58)64)19-72-43(66)48(25,70)8-2)33(23)56-27-15-30-38(75-20-74-30)34(32(22)27)59(46(69)78-47(3,4)5)45(68)73-18-21-11-12-29(26(13-21)55-31(60)17-57(6)44(67)79-81(54)50-49)76-42-37(63)35(61)36(62)39(77-42)41(65)80(53)52-51-71/h11-15,35-37,39,42,61-63,70H,7-10,16-20H2,1-6H3,(H,55,60)/t35-,36-,37?,39?,42+,48-,80?,81?/m0/s1. The van der Waals surface area contributed by atoms with E-state index in [4.69, 9.17) is 50.1 Å². The average molecular weight is 1380 g/mol.